The Morgan fingerprint density at radius 2 is 1.75 bits per heavy atom. The largest absolute Gasteiger partial charge is 0.303 e. The monoisotopic (exact) mass is 274 g/mol. The maximum absolute atomic E-state index is 13.8. The van der Waals surface area contributed by atoms with Gasteiger partial charge in [-0.05, 0) is 60.2 Å². The number of halogens is 2. The fourth-order valence-electron chi connectivity index (χ4n) is 2.46. The minimum atomic E-state index is -0.869. The Labute approximate surface area is 117 Å². The lowest BCUT2D eigenvalue weighted by Crippen LogP contribution is -1.98. The number of carbonyl (C=O) groups is 1. The molecule has 0 bridgehead atoms. The smallest absolute Gasteiger partial charge is 0.162 e. The van der Waals surface area contributed by atoms with Crippen LogP contribution >= 0.6 is 0 Å². The highest BCUT2D eigenvalue weighted by Gasteiger charge is 2.13. The van der Waals surface area contributed by atoms with Gasteiger partial charge in [-0.25, -0.2) is 8.78 Å². The fourth-order valence-corrected chi connectivity index (χ4v) is 2.46. The van der Waals surface area contributed by atoms with Gasteiger partial charge in [0.1, 0.15) is 6.29 Å². The average Bonchev–Trinajstić information content (AvgIpc) is 2.40. The van der Waals surface area contributed by atoms with Crippen molar-refractivity contribution in [2.45, 2.75) is 26.7 Å². The van der Waals surface area contributed by atoms with E-state index in [1.165, 1.54) is 6.07 Å². The van der Waals surface area contributed by atoms with Crippen LogP contribution in [0.3, 0.4) is 0 Å². The number of rotatable bonds is 4. The van der Waals surface area contributed by atoms with Crippen molar-refractivity contribution in [2.75, 3.05) is 0 Å². The molecular formula is C17H16F2O. The van der Waals surface area contributed by atoms with Crippen LogP contribution in [0.1, 0.15) is 23.1 Å². The van der Waals surface area contributed by atoms with Gasteiger partial charge < -0.3 is 4.79 Å². The first-order valence-corrected chi connectivity index (χ1v) is 6.52. The molecule has 0 saturated carbocycles. The Morgan fingerprint density at radius 1 is 1.10 bits per heavy atom. The summed E-state index contributed by atoms with van der Waals surface area (Å²) in [6, 6.07) is 8.66. The molecule has 0 atom stereocenters. The lowest BCUT2D eigenvalue weighted by Gasteiger charge is -2.12. The molecule has 0 amide bonds. The highest BCUT2D eigenvalue weighted by atomic mass is 19.2. The Balaban J connectivity index is 2.57. The normalized spacial score (nSPS) is 10.6. The molecule has 0 saturated heterocycles. The van der Waals surface area contributed by atoms with Crippen molar-refractivity contribution >= 4 is 6.29 Å². The van der Waals surface area contributed by atoms with Gasteiger partial charge in [0.15, 0.2) is 11.6 Å². The molecule has 2 rings (SSSR count). The number of benzene rings is 2. The number of hydrogen-bond acceptors (Lipinski definition) is 1. The van der Waals surface area contributed by atoms with Crippen molar-refractivity contribution in [3.05, 3.63) is 58.7 Å². The van der Waals surface area contributed by atoms with E-state index in [1.54, 1.807) is 6.07 Å². The minimum Gasteiger partial charge on any atom is -0.303 e. The van der Waals surface area contributed by atoms with E-state index in [-0.39, 0.29) is 18.4 Å². The zero-order valence-electron chi connectivity index (χ0n) is 11.5. The van der Waals surface area contributed by atoms with Crippen molar-refractivity contribution in [3.63, 3.8) is 0 Å². The van der Waals surface area contributed by atoms with Crippen LogP contribution in [0, 0.1) is 25.5 Å². The number of aldehydes is 1. The molecule has 0 N–H and O–H groups in total. The van der Waals surface area contributed by atoms with Gasteiger partial charge in [0, 0.05) is 6.42 Å². The van der Waals surface area contributed by atoms with Crippen LogP contribution in [0.5, 0.6) is 0 Å². The standard InChI is InChI=1S/C17H16F2O/c1-11-5-3-6-12(2)16(11)14-9-13(7-4-8-20)17(19)15(18)10-14/h3,5-6,8-10H,4,7H2,1-2H3. The average molecular weight is 274 g/mol. The van der Waals surface area contributed by atoms with E-state index < -0.39 is 11.6 Å². The van der Waals surface area contributed by atoms with Crippen molar-refractivity contribution in [1.82, 2.24) is 0 Å². The Hall–Kier alpha value is -2.03. The zero-order chi connectivity index (χ0) is 14.7. The number of aryl methyl sites for hydroxylation is 3. The second-order valence-corrected chi connectivity index (χ2v) is 4.90. The van der Waals surface area contributed by atoms with E-state index in [2.05, 4.69) is 0 Å². The summed E-state index contributed by atoms with van der Waals surface area (Å²) in [7, 11) is 0. The third kappa shape index (κ3) is 2.77. The van der Waals surface area contributed by atoms with Crippen LogP contribution in [0.4, 0.5) is 8.78 Å². The second-order valence-electron chi connectivity index (χ2n) is 4.90. The number of carbonyl (C=O) groups excluding carboxylic acids is 1. The molecule has 0 unspecified atom stereocenters. The molecule has 0 aliphatic heterocycles. The quantitative estimate of drug-likeness (QED) is 0.756. The molecule has 0 radical (unpaired) electrons. The van der Waals surface area contributed by atoms with Crippen molar-refractivity contribution in [1.29, 1.82) is 0 Å². The van der Waals surface area contributed by atoms with E-state index in [0.29, 0.717) is 11.8 Å². The first-order valence-electron chi connectivity index (χ1n) is 6.52. The summed E-state index contributed by atoms with van der Waals surface area (Å²) in [6.07, 6.45) is 1.11. The van der Waals surface area contributed by atoms with Gasteiger partial charge in [0.25, 0.3) is 0 Å². The Bertz CT molecular complexity index is 627. The van der Waals surface area contributed by atoms with E-state index >= 15 is 0 Å². The van der Waals surface area contributed by atoms with E-state index in [0.717, 1.165) is 16.7 Å². The summed E-state index contributed by atoms with van der Waals surface area (Å²) in [6.45, 7) is 3.88. The van der Waals surface area contributed by atoms with Gasteiger partial charge >= 0.3 is 0 Å². The van der Waals surface area contributed by atoms with Crippen molar-refractivity contribution < 1.29 is 13.6 Å². The molecule has 2 aromatic carbocycles. The van der Waals surface area contributed by atoms with Crippen LogP contribution in [-0.4, -0.2) is 6.29 Å². The lowest BCUT2D eigenvalue weighted by molar-refractivity contribution is -0.107. The molecule has 0 spiro atoms. The van der Waals surface area contributed by atoms with Crippen LogP contribution in [-0.2, 0) is 11.2 Å². The van der Waals surface area contributed by atoms with Gasteiger partial charge in [-0.1, -0.05) is 18.2 Å². The predicted molar refractivity (Wildman–Crippen MR) is 75.7 cm³/mol. The van der Waals surface area contributed by atoms with Gasteiger partial charge in [-0.3, -0.25) is 0 Å². The lowest BCUT2D eigenvalue weighted by atomic mass is 9.93. The molecule has 0 heterocycles. The zero-order valence-corrected chi connectivity index (χ0v) is 11.5. The highest BCUT2D eigenvalue weighted by Crippen LogP contribution is 2.30. The highest BCUT2D eigenvalue weighted by molar-refractivity contribution is 5.71. The molecule has 104 valence electrons. The molecule has 1 nitrogen and oxygen atoms in total. The Kier molecular flexibility index (Phi) is 4.28. The van der Waals surface area contributed by atoms with Crippen LogP contribution in [0.25, 0.3) is 11.1 Å². The van der Waals surface area contributed by atoms with Crippen LogP contribution in [0.15, 0.2) is 30.3 Å². The summed E-state index contributed by atoms with van der Waals surface area (Å²) >= 11 is 0. The van der Waals surface area contributed by atoms with Crippen molar-refractivity contribution in [3.8, 4) is 11.1 Å². The summed E-state index contributed by atoms with van der Waals surface area (Å²) in [4.78, 5) is 10.4. The maximum atomic E-state index is 13.8. The van der Waals surface area contributed by atoms with E-state index in [9.17, 15) is 13.6 Å². The van der Waals surface area contributed by atoms with E-state index in [4.69, 9.17) is 0 Å². The summed E-state index contributed by atoms with van der Waals surface area (Å²) in [5.74, 6) is -1.73. The Morgan fingerprint density at radius 3 is 2.35 bits per heavy atom. The number of hydrogen-bond donors (Lipinski definition) is 0. The third-order valence-electron chi connectivity index (χ3n) is 3.40. The first kappa shape index (κ1) is 14.4. The molecular weight excluding hydrogens is 258 g/mol. The first-order chi connectivity index (χ1) is 9.54. The van der Waals surface area contributed by atoms with Gasteiger partial charge in [-0.2, -0.15) is 0 Å². The van der Waals surface area contributed by atoms with Gasteiger partial charge in [-0.15, -0.1) is 0 Å². The second kappa shape index (κ2) is 5.95. The minimum absolute atomic E-state index is 0.187. The summed E-state index contributed by atoms with van der Waals surface area (Å²) in [5, 5.41) is 0. The fraction of sp³-hybridized carbons (Fsp3) is 0.235. The summed E-state index contributed by atoms with van der Waals surface area (Å²) in [5.41, 5.74) is 3.84. The maximum Gasteiger partial charge on any atom is 0.162 e. The molecule has 0 aliphatic carbocycles. The third-order valence-corrected chi connectivity index (χ3v) is 3.40. The summed E-state index contributed by atoms with van der Waals surface area (Å²) < 4.78 is 27.5. The van der Waals surface area contributed by atoms with Gasteiger partial charge in [0.05, 0.1) is 0 Å². The topological polar surface area (TPSA) is 17.1 Å². The van der Waals surface area contributed by atoms with Crippen molar-refractivity contribution in [2.24, 2.45) is 0 Å². The van der Waals surface area contributed by atoms with Crippen LogP contribution in [0.2, 0.25) is 0 Å². The molecule has 2 aromatic rings. The molecule has 0 fully saturated rings. The molecule has 0 aliphatic rings. The molecule has 0 aromatic heterocycles. The predicted octanol–water partition coefficient (Wildman–Crippen LogP) is 4.38. The molecule has 3 heteroatoms. The van der Waals surface area contributed by atoms with E-state index in [1.807, 2.05) is 32.0 Å². The van der Waals surface area contributed by atoms with Crippen LogP contribution < -0.4 is 0 Å². The molecule has 20 heavy (non-hydrogen) atoms. The van der Waals surface area contributed by atoms with Gasteiger partial charge in [0.2, 0.25) is 0 Å². The SMILES string of the molecule is Cc1cccc(C)c1-c1cc(F)c(F)c(CCC=O)c1.